The van der Waals surface area contributed by atoms with Crippen molar-refractivity contribution in [2.75, 3.05) is 20.1 Å². The molecule has 4 nitrogen and oxygen atoms in total. The zero-order valence-corrected chi connectivity index (χ0v) is 14.7. The second-order valence-electron chi connectivity index (χ2n) is 7.62. The van der Waals surface area contributed by atoms with Crippen LogP contribution in [0.1, 0.15) is 59.3 Å². The van der Waals surface area contributed by atoms with Gasteiger partial charge in [-0.25, -0.2) is 0 Å². The van der Waals surface area contributed by atoms with Crippen LogP contribution in [0, 0.1) is 17.8 Å². The standard InChI is InChI=1S/C18H32N2O2/c1-13(2)17(21)20-11-9-15(10-12-20)18(22)19(4)16-7-5-14(3)6-8-16/h13-16H,5-12H2,1-4H3. The largest absolute Gasteiger partial charge is 0.343 e. The van der Waals surface area contributed by atoms with Gasteiger partial charge in [-0.15, -0.1) is 0 Å². The van der Waals surface area contributed by atoms with Crippen molar-refractivity contribution in [2.45, 2.75) is 65.3 Å². The van der Waals surface area contributed by atoms with Gasteiger partial charge >= 0.3 is 0 Å². The number of nitrogens with zero attached hydrogens (tertiary/aromatic N) is 2. The van der Waals surface area contributed by atoms with Gasteiger partial charge in [-0.05, 0) is 44.4 Å². The van der Waals surface area contributed by atoms with E-state index in [-0.39, 0.29) is 17.7 Å². The minimum atomic E-state index is 0.0548. The average Bonchev–Trinajstić information content (AvgIpc) is 2.53. The molecule has 0 N–H and O–H groups in total. The van der Waals surface area contributed by atoms with E-state index in [0.717, 1.165) is 44.7 Å². The Hall–Kier alpha value is -1.06. The number of likely N-dealkylation sites (tertiary alicyclic amines) is 1. The molecular weight excluding hydrogens is 276 g/mol. The topological polar surface area (TPSA) is 40.6 Å². The minimum Gasteiger partial charge on any atom is -0.343 e. The van der Waals surface area contributed by atoms with Crippen LogP contribution in [-0.2, 0) is 9.59 Å². The highest BCUT2D eigenvalue weighted by Gasteiger charge is 2.32. The van der Waals surface area contributed by atoms with Gasteiger partial charge in [0.05, 0.1) is 0 Å². The quantitative estimate of drug-likeness (QED) is 0.804. The summed E-state index contributed by atoms with van der Waals surface area (Å²) in [5, 5.41) is 0. The second kappa shape index (κ2) is 7.47. The molecule has 22 heavy (non-hydrogen) atoms. The van der Waals surface area contributed by atoms with Gasteiger partial charge in [0.1, 0.15) is 0 Å². The van der Waals surface area contributed by atoms with E-state index in [0.29, 0.717) is 11.9 Å². The number of hydrogen-bond acceptors (Lipinski definition) is 2. The maximum atomic E-state index is 12.7. The van der Waals surface area contributed by atoms with Gasteiger partial charge in [0.15, 0.2) is 0 Å². The summed E-state index contributed by atoms with van der Waals surface area (Å²) in [5.74, 6) is 1.50. The van der Waals surface area contributed by atoms with E-state index >= 15 is 0 Å². The molecule has 2 amide bonds. The molecule has 2 aliphatic rings. The molecule has 1 heterocycles. The fourth-order valence-electron chi connectivity index (χ4n) is 3.81. The van der Waals surface area contributed by atoms with Crippen LogP contribution in [-0.4, -0.2) is 47.8 Å². The molecule has 1 aliphatic heterocycles. The van der Waals surface area contributed by atoms with Crippen molar-refractivity contribution in [3.63, 3.8) is 0 Å². The van der Waals surface area contributed by atoms with Gasteiger partial charge in [0, 0.05) is 38.0 Å². The number of piperidine rings is 1. The third kappa shape index (κ3) is 4.02. The van der Waals surface area contributed by atoms with Crippen LogP contribution in [0.5, 0.6) is 0 Å². The van der Waals surface area contributed by atoms with Crippen LogP contribution in [0.4, 0.5) is 0 Å². The van der Waals surface area contributed by atoms with Crippen LogP contribution >= 0.6 is 0 Å². The van der Waals surface area contributed by atoms with Gasteiger partial charge in [-0.2, -0.15) is 0 Å². The van der Waals surface area contributed by atoms with Gasteiger partial charge in [0.2, 0.25) is 11.8 Å². The van der Waals surface area contributed by atoms with Crippen molar-refractivity contribution in [3.8, 4) is 0 Å². The number of amides is 2. The van der Waals surface area contributed by atoms with Gasteiger partial charge in [-0.1, -0.05) is 20.8 Å². The smallest absolute Gasteiger partial charge is 0.225 e. The van der Waals surface area contributed by atoms with Crippen LogP contribution in [0.2, 0.25) is 0 Å². The lowest BCUT2D eigenvalue weighted by Gasteiger charge is -2.38. The molecule has 0 atom stereocenters. The van der Waals surface area contributed by atoms with Gasteiger partial charge in [-0.3, -0.25) is 9.59 Å². The Balaban J connectivity index is 1.83. The summed E-state index contributed by atoms with van der Waals surface area (Å²) in [4.78, 5) is 28.7. The van der Waals surface area contributed by atoms with Crippen molar-refractivity contribution in [1.82, 2.24) is 9.80 Å². The number of carbonyl (C=O) groups excluding carboxylic acids is 2. The molecule has 1 saturated carbocycles. The van der Waals surface area contributed by atoms with E-state index in [9.17, 15) is 9.59 Å². The van der Waals surface area contributed by atoms with E-state index in [2.05, 4.69) is 6.92 Å². The summed E-state index contributed by atoms with van der Waals surface area (Å²) in [6.07, 6.45) is 6.42. The van der Waals surface area contributed by atoms with Gasteiger partial charge in [0.25, 0.3) is 0 Å². The summed E-state index contributed by atoms with van der Waals surface area (Å²) < 4.78 is 0. The van der Waals surface area contributed by atoms with E-state index in [1.165, 1.54) is 12.8 Å². The summed E-state index contributed by atoms with van der Waals surface area (Å²) in [6, 6.07) is 0.430. The first-order valence-corrected chi connectivity index (χ1v) is 8.95. The van der Waals surface area contributed by atoms with Crippen LogP contribution in [0.3, 0.4) is 0 Å². The maximum absolute atomic E-state index is 12.7. The van der Waals surface area contributed by atoms with Crippen LogP contribution in [0.15, 0.2) is 0 Å². The number of rotatable bonds is 3. The third-order valence-corrected chi connectivity index (χ3v) is 5.53. The molecule has 0 aromatic carbocycles. The lowest BCUT2D eigenvalue weighted by molar-refractivity contribution is -0.143. The first-order chi connectivity index (χ1) is 10.4. The highest BCUT2D eigenvalue weighted by atomic mass is 16.2. The number of carbonyl (C=O) groups is 2. The van der Waals surface area contributed by atoms with Crippen molar-refractivity contribution in [2.24, 2.45) is 17.8 Å². The molecule has 4 heteroatoms. The normalized spacial score (nSPS) is 27.0. The van der Waals surface area contributed by atoms with Crippen LogP contribution in [0.25, 0.3) is 0 Å². The highest BCUT2D eigenvalue weighted by Crippen LogP contribution is 2.29. The molecule has 2 rings (SSSR count). The Morgan fingerprint density at radius 2 is 1.55 bits per heavy atom. The lowest BCUT2D eigenvalue weighted by Crippen LogP contribution is -2.47. The zero-order chi connectivity index (χ0) is 16.3. The van der Waals surface area contributed by atoms with E-state index in [1.54, 1.807) is 0 Å². The van der Waals surface area contributed by atoms with Crippen LogP contribution < -0.4 is 0 Å². The second-order valence-corrected chi connectivity index (χ2v) is 7.62. The van der Waals surface area contributed by atoms with Gasteiger partial charge < -0.3 is 9.80 Å². The molecule has 0 spiro atoms. The molecule has 0 bridgehead atoms. The highest BCUT2D eigenvalue weighted by molar-refractivity contribution is 5.81. The SMILES string of the molecule is CC1CCC(N(C)C(=O)C2CCN(C(=O)C(C)C)CC2)CC1. The number of hydrogen-bond donors (Lipinski definition) is 0. The molecule has 126 valence electrons. The molecule has 0 aromatic rings. The molecule has 1 saturated heterocycles. The predicted octanol–water partition coefficient (Wildman–Crippen LogP) is 2.92. The Morgan fingerprint density at radius 3 is 2.05 bits per heavy atom. The Labute approximate surface area is 135 Å². The fraction of sp³-hybridized carbons (Fsp3) is 0.889. The Bertz CT molecular complexity index is 392. The molecule has 0 radical (unpaired) electrons. The summed E-state index contributed by atoms with van der Waals surface area (Å²) in [5.41, 5.74) is 0. The molecular formula is C18H32N2O2. The van der Waals surface area contributed by atoms with E-state index in [1.807, 2.05) is 30.7 Å². The third-order valence-electron chi connectivity index (χ3n) is 5.53. The summed E-state index contributed by atoms with van der Waals surface area (Å²) >= 11 is 0. The first-order valence-electron chi connectivity index (χ1n) is 8.95. The van der Waals surface area contributed by atoms with Crippen molar-refractivity contribution < 1.29 is 9.59 Å². The van der Waals surface area contributed by atoms with Crippen molar-refractivity contribution in [3.05, 3.63) is 0 Å². The molecule has 0 aromatic heterocycles. The molecule has 2 fully saturated rings. The summed E-state index contributed by atoms with van der Waals surface area (Å²) in [7, 11) is 1.98. The zero-order valence-electron chi connectivity index (χ0n) is 14.7. The Morgan fingerprint density at radius 1 is 1.00 bits per heavy atom. The molecule has 1 aliphatic carbocycles. The monoisotopic (exact) mass is 308 g/mol. The minimum absolute atomic E-state index is 0.0548. The average molecular weight is 308 g/mol. The summed E-state index contributed by atoms with van der Waals surface area (Å²) in [6.45, 7) is 7.67. The maximum Gasteiger partial charge on any atom is 0.225 e. The fourth-order valence-corrected chi connectivity index (χ4v) is 3.81. The van der Waals surface area contributed by atoms with Crippen molar-refractivity contribution >= 4 is 11.8 Å². The molecule has 0 unspecified atom stereocenters. The van der Waals surface area contributed by atoms with E-state index < -0.39 is 0 Å². The van der Waals surface area contributed by atoms with Crippen molar-refractivity contribution in [1.29, 1.82) is 0 Å². The Kier molecular flexibility index (Phi) is 5.87. The lowest BCUT2D eigenvalue weighted by atomic mass is 9.86. The van der Waals surface area contributed by atoms with E-state index in [4.69, 9.17) is 0 Å². The predicted molar refractivity (Wildman–Crippen MR) is 88.3 cm³/mol. The first kappa shape index (κ1) is 17.3.